The fourth-order valence-corrected chi connectivity index (χ4v) is 3.21. The van der Waals surface area contributed by atoms with Crippen LogP contribution in [0.2, 0.25) is 0 Å². The minimum absolute atomic E-state index is 0.0553. The summed E-state index contributed by atoms with van der Waals surface area (Å²) in [7, 11) is 0. The van der Waals surface area contributed by atoms with Gasteiger partial charge in [0.15, 0.2) is 0 Å². The third-order valence-corrected chi connectivity index (χ3v) is 4.91. The minimum atomic E-state index is -5.71. The number of aromatic amines is 1. The maximum Gasteiger partial charge on any atom is 0.458 e. The molecule has 0 aliphatic heterocycles. The van der Waals surface area contributed by atoms with Crippen LogP contribution in [0.1, 0.15) is 21.5 Å². The molecule has 3 heterocycles. The van der Waals surface area contributed by atoms with Crippen LogP contribution in [-0.4, -0.2) is 27.0 Å². The van der Waals surface area contributed by atoms with Crippen molar-refractivity contribution in [3.05, 3.63) is 83.8 Å². The largest absolute Gasteiger partial charge is 0.458 e. The zero-order valence-electron chi connectivity index (χ0n) is 16.8. The standard InChI is InChI=1S/C22H16F5N5O/c23-21(24,22(25,26)27)14-3-5-15(6-4-14)32-20(33)17-2-1-9-28-19(17)31-12-13-7-10-29-18-16(13)8-11-30-18/h1-11H,12H2,(H,28,31)(H,29,30)(H,32,33). The summed E-state index contributed by atoms with van der Waals surface area (Å²) in [5.74, 6) is -5.33. The van der Waals surface area contributed by atoms with Gasteiger partial charge >= 0.3 is 12.1 Å². The van der Waals surface area contributed by atoms with Crippen LogP contribution in [0.4, 0.5) is 33.5 Å². The van der Waals surface area contributed by atoms with Crippen LogP contribution in [0.3, 0.4) is 0 Å². The third kappa shape index (κ3) is 4.47. The van der Waals surface area contributed by atoms with Crippen molar-refractivity contribution in [1.29, 1.82) is 0 Å². The van der Waals surface area contributed by atoms with E-state index in [9.17, 15) is 26.7 Å². The third-order valence-electron chi connectivity index (χ3n) is 4.91. The quantitative estimate of drug-likeness (QED) is 0.332. The fraction of sp³-hybridized carbons (Fsp3) is 0.136. The Labute approximate surface area is 183 Å². The molecule has 0 saturated heterocycles. The Morgan fingerprint density at radius 2 is 1.70 bits per heavy atom. The summed E-state index contributed by atoms with van der Waals surface area (Å²) < 4.78 is 64.4. The van der Waals surface area contributed by atoms with Gasteiger partial charge in [0.25, 0.3) is 5.91 Å². The van der Waals surface area contributed by atoms with Crippen molar-refractivity contribution in [2.45, 2.75) is 18.6 Å². The number of anilines is 2. The Balaban J connectivity index is 1.49. The van der Waals surface area contributed by atoms with Gasteiger partial charge in [0.1, 0.15) is 11.5 Å². The van der Waals surface area contributed by atoms with Gasteiger partial charge in [0.2, 0.25) is 0 Å². The summed E-state index contributed by atoms with van der Waals surface area (Å²) in [6.07, 6.45) is -0.815. The number of hydrogen-bond acceptors (Lipinski definition) is 4. The zero-order chi connectivity index (χ0) is 23.6. The monoisotopic (exact) mass is 461 g/mol. The van der Waals surface area contributed by atoms with E-state index >= 15 is 0 Å². The second-order valence-electron chi connectivity index (χ2n) is 7.07. The minimum Gasteiger partial charge on any atom is -0.365 e. The summed E-state index contributed by atoms with van der Waals surface area (Å²) >= 11 is 0. The van der Waals surface area contributed by atoms with E-state index in [1.807, 2.05) is 12.1 Å². The number of amides is 1. The molecule has 0 unspecified atom stereocenters. The number of benzene rings is 1. The lowest BCUT2D eigenvalue weighted by Crippen LogP contribution is -2.33. The number of nitrogens with zero attached hydrogens (tertiary/aromatic N) is 2. The topological polar surface area (TPSA) is 82.7 Å². The number of alkyl halides is 5. The number of hydrogen-bond donors (Lipinski definition) is 3. The molecule has 0 saturated carbocycles. The number of fused-ring (bicyclic) bond motifs is 1. The Morgan fingerprint density at radius 3 is 2.42 bits per heavy atom. The van der Waals surface area contributed by atoms with Crippen molar-refractivity contribution in [3.63, 3.8) is 0 Å². The molecule has 0 bridgehead atoms. The van der Waals surface area contributed by atoms with Crippen molar-refractivity contribution < 1.29 is 26.7 Å². The summed E-state index contributed by atoms with van der Waals surface area (Å²) in [5, 5.41) is 6.47. The molecule has 0 spiro atoms. The van der Waals surface area contributed by atoms with E-state index in [0.717, 1.165) is 23.1 Å². The van der Waals surface area contributed by atoms with Gasteiger partial charge in [-0.05, 0) is 42.0 Å². The summed E-state index contributed by atoms with van der Waals surface area (Å²) in [6.45, 7) is 0.343. The highest BCUT2D eigenvalue weighted by atomic mass is 19.4. The molecule has 3 aromatic heterocycles. The van der Waals surface area contributed by atoms with Gasteiger partial charge in [-0.1, -0.05) is 12.1 Å². The first-order chi connectivity index (χ1) is 15.7. The van der Waals surface area contributed by atoms with Crippen LogP contribution >= 0.6 is 0 Å². The SMILES string of the molecule is O=C(Nc1ccc(C(F)(F)C(F)(F)F)cc1)c1cccnc1NCc1ccnc2[nH]ccc12. The summed E-state index contributed by atoms with van der Waals surface area (Å²) in [6, 6.07) is 9.96. The average Bonchev–Trinajstić information content (AvgIpc) is 3.27. The van der Waals surface area contributed by atoms with Crippen molar-refractivity contribution >= 4 is 28.4 Å². The molecule has 0 aliphatic carbocycles. The van der Waals surface area contributed by atoms with E-state index in [4.69, 9.17) is 0 Å². The van der Waals surface area contributed by atoms with E-state index < -0.39 is 23.6 Å². The zero-order valence-corrected chi connectivity index (χ0v) is 16.8. The molecule has 3 N–H and O–H groups in total. The Morgan fingerprint density at radius 1 is 0.939 bits per heavy atom. The molecule has 4 rings (SSSR count). The molecular weight excluding hydrogens is 445 g/mol. The molecule has 1 amide bonds. The van der Waals surface area contributed by atoms with Crippen molar-refractivity contribution in [2.75, 3.05) is 10.6 Å². The van der Waals surface area contributed by atoms with E-state index in [2.05, 4.69) is 25.6 Å². The molecule has 33 heavy (non-hydrogen) atoms. The average molecular weight is 461 g/mol. The Bertz CT molecular complexity index is 1280. The lowest BCUT2D eigenvalue weighted by molar-refractivity contribution is -0.289. The van der Waals surface area contributed by atoms with Crippen LogP contribution in [0.25, 0.3) is 11.0 Å². The lowest BCUT2D eigenvalue weighted by atomic mass is 10.1. The predicted molar refractivity (Wildman–Crippen MR) is 112 cm³/mol. The van der Waals surface area contributed by atoms with Gasteiger partial charge in [-0.2, -0.15) is 22.0 Å². The van der Waals surface area contributed by atoms with Gasteiger partial charge in [-0.3, -0.25) is 4.79 Å². The Hall–Kier alpha value is -4.02. The molecule has 0 fully saturated rings. The van der Waals surface area contributed by atoms with Crippen LogP contribution in [0.5, 0.6) is 0 Å². The van der Waals surface area contributed by atoms with Crippen LogP contribution < -0.4 is 10.6 Å². The number of carbonyl (C=O) groups excluding carboxylic acids is 1. The predicted octanol–water partition coefficient (Wildman–Crippen LogP) is 5.48. The number of nitrogens with one attached hydrogen (secondary N) is 3. The lowest BCUT2D eigenvalue weighted by Gasteiger charge is -2.20. The van der Waals surface area contributed by atoms with Crippen LogP contribution in [0, 0.1) is 0 Å². The molecule has 170 valence electrons. The first-order valence-electron chi connectivity index (χ1n) is 9.63. The van der Waals surface area contributed by atoms with Gasteiger partial charge in [-0.25, -0.2) is 9.97 Å². The highest BCUT2D eigenvalue weighted by Gasteiger charge is 2.58. The number of pyridine rings is 2. The van der Waals surface area contributed by atoms with E-state index in [-0.39, 0.29) is 17.1 Å². The van der Waals surface area contributed by atoms with Crippen molar-refractivity contribution in [1.82, 2.24) is 15.0 Å². The number of aromatic nitrogens is 3. The highest BCUT2D eigenvalue weighted by molar-refractivity contribution is 6.07. The van der Waals surface area contributed by atoms with Gasteiger partial charge in [0, 0.05) is 41.8 Å². The van der Waals surface area contributed by atoms with Crippen LogP contribution in [0.15, 0.2) is 67.1 Å². The van der Waals surface area contributed by atoms with Crippen molar-refractivity contribution in [2.24, 2.45) is 0 Å². The maximum absolute atomic E-state index is 13.4. The van der Waals surface area contributed by atoms with Gasteiger partial charge < -0.3 is 15.6 Å². The van der Waals surface area contributed by atoms with Gasteiger partial charge in [0.05, 0.1) is 5.56 Å². The molecule has 6 nitrogen and oxygen atoms in total. The molecular formula is C22H16F5N5O. The van der Waals surface area contributed by atoms with E-state index in [1.54, 1.807) is 18.5 Å². The first kappa shape index (κ1) is 22.2. The second kappa shape index (κ2) is 8.49. The number of H-pyrrole nitrogens is 1. The number of halogens is 5. The van der Waals surface area contributed by atoms with Crippen LogP contribution in [-0.2, 0) is 12.5 Å². The fourth-order valence-electron chi connectivity index (χ4n) is 3.21. The smallest absolute Gasteiger partial charge is 0.365 e. The molecule has 0 radical (unpaired) electrons. The molecule has 0 aliphatic rings. The number of rotatable bonds is 6. The molecule has 11 heteroatoms. The first-order valence-corrected chi connectivity index (χ1v) is 9.63. The maximum atomic E-state index is 13.4. The van der Waals surface area contributed by atoms with Crippen molar-refractivity contribution in [3.8, 4) is 0 Å². The highest BCUT2D eigenvalue weighted by Crippen LogP contribution is 2.43. The molecule has 1 aromatic carbocycles. The van der Waals surface area contributed by atoms with Gasteiger partial charge in [-0.15, -0.1) is 0 Å². The Kier molecular flexibility index (Phi) is 5.71. The number of carbonyl (C=O) groups is 1. The summed E-state index contributed by atoms with van der Waals surface area (Å²) in [5.41, 5.74) is 0.638. The molecule has 4 aromatic rings. The normalized spacial score (nSPS) is 12.0. The second-order valence-corrected chi connectivity index (χ2v) is 7.07. The van der Waals surface area contributed by atoms with E-state index in [1.165, 1.54) is 12.3 Å². The molecule has 0 atom stereocenters. The van der Waals surface area contributed by atoms with E-state index in [0.29, 0.717) is 24.3 Å². The summed E-state index contributed by atoms with van der Waals surface area (Å²) in [4.78, 5) is 24.1.